The summed E-state index contributed by atoms with van der Waals surface area (Å²) >= 11 is 0. The lowest BCUT2D eigenvalue weighted by atomic mass is 9.96. The second-order valence-electron chi connectivity index (χ2n) is 2.77. The standard InChI is InChI=1S/C10H13NO/c1-2-9(10(11)12)8-6-4-3-5-7-8/h3-7,9H,2H2,1H3,(H2,11,12). The molecule has 1 rings (SSSR count). The van der Waals surface area contributed by atoms with Crippen molar-refractivity contribution in [2.24, 2.45) is 5.73 Å². The molecule has 0 spiro atoms. The molecule has 1 aromatic rings. The predicted molar refractivity (Wildman–Crippen MR) is 48.7 cm³/mol. The first kappa shape index (κ1) is 8.78. The minimum atomic E-state index is -0.247. The average Bonchev–Trinajstić information content (AvgIpc) is 2.07. The number of primary amides is 1. The van der Waals surface area contributed by atoms with Crippen LogP contribution in [0.15, 0.2) is 30.3 Å². The first-order valence-electron chi connectivity index (χ1n) is 4.10. The summed E-state index contributed by atoms with van der Waals surface area (Å²) in [5, 5.41) is 0. The molecule has 0 radical (unpaired) electrons. The second-order valence-corrected chi connectivity index (χ2v) is 2.77. The molecule has 2 N–H and O–H groups in total. The normalized spacial score (nSPS) is 12.4. The fourth-order valence-corrected chi connectivity index (χ4v) is 1.29. The Kier molecular flexibility index (Phi) is 2.86. The van der Waals surface area contributed by atoms with Crippen molar-refractivity contribution in [3.8, 4) is 0 Å². The molecule has 0 heterocycles. The van der Waals surface area contributed by atoms with Crippen LogP contribution >= 0.6 is 0 Å². The maximum Gasteiger partial charge on any atom is 0.224 e. The van der Waals surface area contributed by atoms with Gasteiger partial charge in [0.1, 0.15) is 0 Å². The van der Waals surface area contributed by atoms with E-state index in [-0.39, 0.29) is 11.8 Å². The fraction of sp³-hybridized carbons (Fsp3) is 0.300. The van der Waals surface area contributed by atoms with Gasteiger partial charge in [-0.2, -0.15) is 0 Å². The molecule has 2 nitrogen and oxygen atoms in total. The van der Waals surface area contributed by atoms with Gasteiger partial charge in [0.25, 0.3) is 0 Å². The lowest BCUT2D eigenvalue weighted by Gasteiger charge is -2.09. The van der Waals surface area contributed by atoms with Gasteiger partial charge in [0.2, 0.25) is 5.91 Å². The number of benzene rings is 1. The summed E-state index contributed by atoms with van der Waals surface area (Å²) in [5.74, 6) is -0.380. The van der Waals surface area contributed by atoms with Crippen LogP contribution in [0, 0.1) is 0 Å². The van der Waals surface area contributed by atoms with Gasteiger partial charge in [0, 0.05) is 0 Å². The Bertz CT molecular complexity index is 256. The maximum atomic E-state index is 11.0. The number of nitrogens with two attached hydrogens (primary N) is 1. The minimum Gasteiger partial charge on any atom is -0.369 e. The molecule has 0 aliphatic heterocycles. The SMILES string of the molecule is CCC(C(N)=O)c1ccccc1. The first-order valence-corrected chi connectivity index (χ1v) is 4.10. The third-order valence-corrected chi connectivity index (χ3v) is 1.95. The van der Waals surface area contributed by atoms with E-state index >= 15 is 0 Å². The second kappa shape index (κ2) is 3.90. The Balaban J connectivity index is 2.88. The van der Waals surface area contributed by atoms with Crippen LogP contribution in [0.5, 0.6) is 0 Å². The highest BCUT2D eigenvalue weighted by Crippen LogP contribution is 2.17. The number of carbonyl (C=O) groups excluding carboxylic acids is 1. The van der Waals surface area contributed by atoms with E-state index in [9.17, 15) is 4.79 Å². The van der Waals surface area contributed by atoms with Crippen molar-refractivity contribution in [2.45, 2.75) is 19.3 Å². The molecule has 1 unspecified atom stereocenters. The molecular weight excluding hydrogens is 150 g/mol. The smallest absolute Gasteiger partial charge is 0.224 e. The zero-order chi connectivity index (χ0) is 8.97. The van der Waals surface area contributed by atoms with Crippen molar-refractivity contribution in [1.29, 1.82) is 0 Å². The Morgan fingerprint density at radius 1 is 1.42 bits per heavy atom. The molecule has 0 aliphatic rings. The van der Waals surface area contributed by atoms with Crippen LogP contribution in [0.25, 0.3) is 0 Å². The number of hydrogen-bond donors (Lipinski definition) is 1. The number of hydrogen-bond acceptors (Lipinski definition) is 1. The number of carbonyl (C=O) groups is 1. The van der Waals surface area contributed by atoms with Crippen molar-refractivity contribution in [3.05, 3.63) is 35.9 Å². The van der Waals surface area contributed by atoms with E-state index in [0.717, 1.165) is 12.0 Å². The van der Waals surface area contributed by atoms with E-state index in [4.69, 9.17) is 5.73 Å². The minimum absolute atomic E-state index is 0.133. The number of amides is 1. The molecule has 1 amide bonds. The zero-order valence-electron chi connectivity index (χ0n) is 7.16. The van der Waals surface area contributed by atoms with Gasteiger partial charge in [-0.3, -0.25) is 4.79 Å². The zero-order valence-corrected chi connectivity index (χ0v) is 7.16. The van der Waals surface area contributed by atoms with Crippen LogP contribution in [-0.2, 0) is 4.79 Å². The molecule has 0 aliphatic carbocycles. The molecule has 0 fully saturated rings. The van der Waals surface area contributed by atoms with Gasteiger partial charge < -0.3 is 5.73 Å². The van der Waals surface area contributed by atoms with Crippen LogP contribution in [0.3, 0.4) is 0 Å². The van der Waals surface area contributed by atoms with Gasteiger partial charge in [-0.1, -0.05) is 37.3 Å². The van der Waals surface area contributed by atoms with Gasteiger partial charge in [-0.15, -0.1) is 0 Å². The average molecular weight is 163 g/mol. The summed E-state index contributed by atoms with van der Waals surface area (Å²) in [6, 6.07) is 9.62. The van der Waals surface area contributed by atoms with E-state index < -0.39 is 0 Å². The van der Waals surface area contributed by atoms with Crippen LogP contribution < -0.4 is 5.73 Å². The number of rotatable bonds is 3. The molecule has 0 saturated carbocycles. The molecule has 2 heteroatoms. The lowest BCUT2D eigenvalue weighted by molar-refractivity contribution is -0.119. The monoisotopic (exact) mass is 163 g/mol. The summed E-state index contributed by atoms with van der Waals surface area (Å²) in [6.07, 6.45) is 0.763. The van der Waals surface area contributed by atoms with Crippen LogP contribution in [-0.4, -0.2) is 5.91 Å². The summed E-state index contributed by atoms with van der Waals surface area (Å²) in [5.41, 5.74) is 6.25. The van der Waals surface area contributed by atoms with Crippen LogP contribution in [0.1, 0.15) is 24.8 Å². The van der Waals surface area contributed by atoms with Gasteiger partial charge in [0.05, 0.1) is 5.92 Å². The van der Waals surface area contributed by atoms with E-state index in [0.29, 0.717) is 0 Å². The summed E-state index contributed by atoms with van der Waals surface area (Å²) < 4.78 is 0. The third kappa shape index (κ3) is 1.84. The molecular formula is C10H13NO. The van der Waals surface area contributed by atoms with Crippen molar-refractivity contribution in [1.82, 2.24) is 0 Å². The fourth-order valence-electron chi connectivity index (χ4n) is 1.29. The molecule has 12 heavy (non-hydrogen) atoms. The van der Waals surface area contributed by atoms with E-state index in [2.05, 4.69) is 0 Å². The first-order chi connectivity index (χ1) is 5.75. The van der Waals surface area contributed by atoms with Crippen LogP contribution in [0.2, 0.25) is 0 Å². The van der Waals surface area contributed by atoms with Gasteiger partial charge in [-0.25, -0.2) is 0 Å². The Morgan fingerprint density at radius 2 is 2.00 bits per heavy atom. The highest BCUT2D eigenvalue weighted by atomic mass is 16.1. The van der Waals surface area contributed by atoms with Crippen molar-refractivity contribution in [2.75, 3.05) is 0 Å². The maximum absolute atomic E-state index is 11.0. The Hall–Kier alpha value is -1.31. The quantitative estimate of drug-likeness (QED) is 0.723. The topological polar surface area (TPSA) is 43.1 Å². The van der Waals surface area contributed by atoms with Crippen molar-refractivity contribution in [3.63, 3.8) is 0 Å². The molecule has 0 saturated heterocycles. The predicted octanol–water partition coefficient (Wildman–Crippen LogP) is 1.67. The van der Waals surface area contributed by atoms with E-state index in [1.807, 2.05) is 37.3 Å². The van der Waals surface area contributed by atoms with Crippen LogP contribution in [0.4, 0.5) is 0 Å². The van der Waals surface area contributed by atoms with Gasteiger partial charge >= 0.3 is 0 Å². The van der Waals surface area contributed by atoms with Gasteiger partial charge in [0.15, 0.2) is 0 Å². The van der Waals surface area contributed by atoms with Crippen molar-refractivity contribution >= 4 is 5.91 Å². The Labute approximate surface area is 72.4 Å². The van der Waals surface area contributed by atoms with Gasteiger partial charge in [-0.05, 0) is 12.0 Å². The highest BCUT2D eigenvalue weighted by Gasteiger charge is 2.13. The van der Waals surface area contributed by atoms with E-state index in [1.54, 1.807) is 0 Å². The van der Waals surface area contributed by atoms with Crippen molar-refractivity contribution < 1.29 is 4.79 Å². The Morgan fingerprint density at radius 3 is 2.42 bits per heavy atom. The third-order valence-electron chi connectivity index (χ3n) is 1.95. The molecule has 1 atom stereocenters. The molecule has 64 valence electrons. The lowest BCUT2D eigenvalue weighted by Crippen LogP contribution is -2.20. The largest absolute Gasteiger partial charge is 0.369 e. The summed E-state index contributed by atoms with van der Waals surface area (Å²) in [7, 11) is 0. The highest BCUT2D eigenvalue weighted by molar-refractivity contribution is 5.81. The molecule has 0 aromatic heterocycles. The van der Waals surface area contributed by atoms with E-state index in [1.165, 1.54) is 0 Å². The molecule has 1 aromatic carbocycles. The molecule has 0 bridgehead atoms. The summed E-state index contributed by atoms with van der Waals surface area (Å²) in [6.45, 7) is 1.96. The summed E-state index contributed by atoms with van der Waals surface area (Å²) in [4.78, 5) is 11.0.